The summed E-state index contributed by atoms with van der Waals surface area (Å²) in [6.45, 7) is 0. The molecular weight excluding hydrogens is 294 g/mol. The standard InChI is InChI=1S/C18H19NO2S/c1-21-16-8-4-2-6-13(16)12-18(20)19-15-10-11-22-17-9-5-3-7-14(15)17/h2-9,15H,10-12H2,1H3,(H,19,20)/t15-/m0/s1. The molecule has 1 heterocycles. The van der Waals surface area contributed by atoms with Gasteiger partial charge in [-0.05, 0) is 24.1 Å². The average Bonchev–Trinajstić information content (AvgIpc) is 2.55. The number of benzene rings is 2. The Morgan fingerprint density at radius 2 is 2.00 bits per heavy atom. The van der Waals surface area contributed by atoms with E-state index in [1.54, 1.807) is 7.11 Å². The van der Waals surface area contributed by atoms with Gasteiger partial charge in [0, 0.05) is 16.2 Å². The maximum Gasteiger partial charge on any atom is 0.225 e. The van der Waals surface area contributed by atoms with Crippen LogP contribution in [0.5, 0.6) is 5.75 Å². The Bertz CT molecular complexity index is 672. The predicted molar refractivity (Wildman–Crippen MR) is 89.4 cm³/mol. The van der Waals surface area contributed by atoms with E-state index in [4.69, 9.17) is 4.74 Å². The Morgan fingerprint density at radius 1 is 1.23 bits per heavy atom. The molecule has 0 aromatic heterocycles. The van der Waals surface area contributed by atoms with Crippen LogP contribution in [0.4, 0.5) is 0 Å². The number of ether oxygens (including phenoxy) is 1. The lowest BCUT2D eigenvalue weighted by molar-refractivity contribution is -0.121. The third-order valence-electron chi connectivity index (χ3n) is 3.84. The number of nitrogens with one attached hydrogen (secondary N) is 1. The van der Waals surface area contributed by atoms with Crippen LogP contribution >= 0.6 is 11.8 Å². The van der Waals surface area contributed by atoms with Gasteiger partial charge in [-0.15, -0.1) is 11.8 Å². The number of amides is 1. The number of carbonyl (C=O) groups is 1. The number of fused-ring (bicyclic) bond motifs is 1. The van der Waals surface area contributed by atoms with E-state index < -0.39 is 0 Å². The summed E-state index contributed by atoms with van der Waals surface area (Å²) in [5, 5.41) is 3.17. The molecule has 114 valence electrons. The maximum absolute atomic E-state index is 12.4. The fourth-order valence-corrected chi connectivity index (χ4v) is 3.88. The number of carbonyl (C=O) groups excluding carboxylic acids is 1. The lowest BCUT2D eigenvalue weighted by Gasteiger charge is -2.26. The molecule has 1 amide bonds. The highest BCUT2D eigenvalue weighted by molar-refractivity contribution is 7.99. The van der Waals surface area contributed by atoms with Crippen LogP contribution in [0.2, 0.25) is 0 Å². The van der Waals surface area contributed by atoms with Crippen molar-refractivity contribution in [3.63, 3.8) is 0 Å². The highest BCUT2D eigenvalue weighted by Gasteiger charge is 2.22. The summed E-state index contributed by atoms with van der Waals surface area (Å²) in [5.41, 5.74) is 2.15. The summed E-state index contributed by atoms with van der Waals surface area (Å²) >= 11 is 1.86. The monoisotopic (exact) mass is 313 g/mol. The SMILES string of the molecule is COc1ccccc1CC(=O)N[C@H]1CCSc2ccccc21. The van der Waals surface area contributed by atoms with Gasteiger partial charge in [0.25, 0.3) is 0 Å². The van der Waals surface area contributed by atoms with Gasteiger partial charge in [-0.1, -0.05) is 36.4 Å². The van der Waals surface area contributed by atoms with Crippen molar-refractivity contribution in [2.75, 3.05) is 12.9 Å². The minimum atomic E-state index is 0.0382. The second-order valence-electron chi connectivity index (χ2n) is 5.28. The van der Waals surface area contributed by atoms with Gasteiger partial charge in [-0.25, -0.2) is 0 Å². The molecule has 0 saturated carbocycles. The Balaban J connectivity index is 1.70. The molecule has 0 aliphatic carbocycles. The van der Waals surface area contributed by atoms with Crippen molar-refractivity contribution < 1.29 is 9.53 Å². The molecule has 1 N–H and O–H groups in total. The quantitative estimate of drug-likeness (QED) is 0.937. The Morgan fingerprint density at radius 3 is 2.86 bits per heavy atom. The number of rotatable bonds is 4. The van der Waals surface area contributed by atoms with Gasteiger partial charge < -0.3 is 10.1 Å². The number of methoxy groups -OCH3 is 1. The zero-order chi connectivity index (χ0) is 15.4. The largest absolute Gasteiger partial charge is 0.496 e. The molecule has 0 fully saturated rings. The van der Waals surface area contributed by atoms with Crippen molar-refractivity contribution in [2.24, 2.45) is 0 Å². The van der Waals surface area contributed by atoms with Crippen molar-refractivity contribution in [3.05, 3.63) is 59.7 Å². The minimum Gasteiger partial charge on any atom is -0.496 e. The van der Waals surface area contributed by atoms with Crippen LogP contribution in [0, 0.1) is 0 Å². The molecule has 2 aromatic carbocycles. The Hall–Kier alpha value is -1.94. The van der Waals surface area contributed by atoms with Gasteiger partial charge in [0.05, 0.1) is 19.6 Å². The fourth-order valence-electron chi connectivity index (χ4n) is 2.76. The highest BCUT2D eigenvalue weighted by Crippen LogP contribution is 2.35. The van der Waals surface area contributed by atoms with Crippen LogP contribution in [0.3, 0.4) is 0 Å². The van der Waals surface area contributed by atoms with E-state index in [9.17, 15) is 4.79 Å². The summed E-state index contributed by atoms with van der Waals surface area (Å²) < 4.78 is 5.31. The molecule has 1 aliphatic heterocycles. The topological polar surface area (TPSA) is 38.3 Å². The molecule has 1 aliphatic rings. The first-order chi connectivity index (χ1) is 10.8. The average molecular weight is 313 g/mol. The van der Waals surface area contributed by atoms with E-state index in [0.717, 1.165) is 23.5 Å². The van der Waals surface area contributed by atoms with Crippen LogP contribution in [0.15, 0.2) is 53.4 Å². The third-order valence-corrected chi connectivity index (χ3v) is 4.96. The molecule has 4 heteroatoms. The van der Waals surface area contributed by atoms with Crippen molar-refractivity contribution in [1.29, 1.82) is 0 Å². The van der Waals surface area contributed by atoms with Crippen molar-refractivity contribution in [2.45, 2.75) is 23.8 Å². The van der Waals surface area contributed by atoms with Gasteiger partial charge in [0.2, 0.25) is 5.91 Å². The van der Waals surface area contributed by atoms with Gasteiger partial charge in [0.1, 0.15) is 5.75 Å². The lowest BCUT2D eigenvalue weighted by atomic mass is 10.0. The lowest BCUT2D eigenvalue weighted by Crippen LogP contribution is -2.31. The first kappa shape index (κ1) is 15.0. The van der Waals surface area contributed by atoms with Crippen LogP contribution < -0.4 is 10.1 Å². The molecule has 1 atom stereocenters. The van der Waals surface area contributed by atoms with E-state index >= 15 is 0 Å². The fraction of sp³-hybridized carbons (Fsp3) is 0.278. The molecular formula is C18H19NO2S. The highest BCUT2D eigenvalue weighted by atomic mass is 32.2. The Labute approximate surface area is 135 Å². The van der Waals surface area contributed by atoms with Crippen molar-refractivity contribution >= 4 is 17.7 Å². The molecule has 3 rings (SSSR count). The van der Waals surface area contributed by atoms with E-state index in [1.165, 1.54) is 10.5 Å². The zero-order valence-corrected chi connectivity index (χ0v) is 13.4. The molecule has 0 saturated heterocycles. The van der Waals surface area contributed by atoms with Crippen LogP contribution in [0.1, 0.15) is 23.6 Å². The summed E-state index contributed by atoms with van der Waals surface area (Å²) in [4.78, 5) is 13.7. The summed E-state index contributed by atoms with van der Waals surface area (Å²) in [5.74, 6) is 1.84. The molecule has 3 nitrogen and oxygen atoms in total. The van der Waals surface area contributed by atoms with E-state index in [0.29, 0.717) is 6.42 Å². The zero-order valence-electron chi connectivity index (χ0n) is 12.5. The smallest absolute Gasteiger partial charge is 0.225 e. The van der Waals surface area contributed by atoms with Crippen LogP contribution in [0.25, 0.3) is 0 Å². The van der Waals surface area contributed by atoms with Gasteiger partial charge >= 0.3 is 0 Å². The number of para-hydroxylation sites is 1. The van der Waals surface area contributed by atoms with E-state index in [-0.39, 0.29) is 11.9 Å². The summed E-state index contributed by atoms with van der Waals surface area (Å²) in [6.07, 6.45) is 1.31. The second kappa shape index (κ2) is 6.88. The maximum atomic E-state index is 12.4. The number of hydrogen-bond acceptors (Lipinski definition) is 3. The van der Waals surface area contributed by atoms with Gasteiger partial charge in [0.15, 0.2) is 0 Å². The van der Waals surface area contributed by atoms with Gasteiger partial charge in [-0.2, -0.15) is 0 Å². The Kier molecular flexibility index (Phi) is 4.68. The molecule has 0 unspecified atom stereocenters. The molecule has 0 radical (unpaired) electrons. The second-order valence-corrected chi connectivity index (χ2v) is 6.42. The van der Waals surface area contributed by atoms with E-state index in [2.05, 4.69) is 17.4 Å². The summed E-state index contributed by atoms with van der Waals surface area (Å²) in [6, 6.07) is 16.1. The van der Waals surface area contributed by atoms with Crippen LogP contribution in [-0.4, -0.2) is 18.8 Å². The summed E-state index contributed by atoms with van der Waals surface area (Å²) in [7, 11) is 1.63. The van der Waals surface area contributed by atoms with Gasteiger partial charge in [-0.3, -0.25) is 4.79 Å². The first-order valence-corrected chi connectivity index (χ1v) is 8.39. The predicted octanol–water partition coefficient (Wildman–Crippen LogP) is 3.59. The molecule has 2 aromatic rings. The first-order valence-electron chi connectivity index (χ1n) is 7.41. The molecule has 0 bridgehead atoms. The normalized spacial score (nSPS) is 16.7. The number of thioether (sulfide) groups is 1. The van der Waals surface area contributed by atoms with Crippen molar-refractivity contribution in [3.8, 4) is 5.75 Å². The molecule has 22 heavy (non-hydrogen) atoms. The van der Waals surface area contributed by atoms with Crippen molar-refractivity contribution in [1.82, 2.24) is 5.32 Å². The molecule has 0 spiro atoms. The third kappa shape index (κ3) is 3.28. The minimum absolute atomic E-state index is 0.0382. The van der Waals surface area contributed by atoms with E-state index in [1.807, 2.05) is 48.2 Å². The number of hydrogen-bond donors (Lipinski definition) is 1. The van der Waals surface area contributed by atoms with Crippen LogP contribution in [-0.2, 0) is 11.2 Å².